The molecule has 1 aliphatic heterocycles. The average molecular weight is 569 g/mol. The molecule has 2 heterocycles. The molecule has 0 unspecified atom stereocenters. The number of hydrogen-bond donors (Lipinski definition) is 1. The molecule has 1 saturated heterocycles. The van der Waals surface area contributed by atoms with Crippen LogP contribution < -0.4 is 9.62 Å². The van der Waals surface area contributed by atoms with Crippen LogP contribution in [0.3, 0.4) is 0 Å². The molecule has 0 radical (unpaired) electrons. The molecule has 1 N–H and O–H groups in total. The average Bonchev–Trinajstić information content (AvgIpc) is 3.76. The summed E-state index contributed by atoms with van der Waals surface area (Å²) in [5.41, 5.74) is 0.840. The van der Waals surface area contributed by atoms with Crippen LogP contribution in [0.15, 0.2) is 41.4 Å². The van der Waals surface area contributed by atoms with Crippen LogP contribution in [-0.4, -0.2) is 43.9 Å². The number of carbonyl (C=O) groups is 2. The zero-order valence-electron chi connectivity index (χ0n) is 22.8. The highest BCUT2D eigenvalue weighted by molar-refractivity contribution is 7.99. The molecule has 2 aliphatic rings. The highest BCUT2D eigenvalue weighted by atomic mass is 32.2. The first-order valence-corrected chi connectivity index (χ1v) is 16.0. The standard InChI is InChI=1S/C29H36N4O4S2/c1-4-8-25(34)24-17-22(18-30)26(32-27(24)38-19-20(2)3)33(28(35)21-11-15-31-16-12-21)39(36,37)29(13-14-29)23-9-6-5-7-10-23/h5-7,9-10,17,20-21,31H,4,8,11-16,19H2,1-3H3. The van der Waals surface area contributed by atoms with Crippen LogP contribution in [0.25, 0.3) is 0 Å². The molecule has 8 nitrogen and oxygen atoms in total. The Morgan fingerprint density at radius 3 is 2.44 bits per heavy atom. The van der Waals surface area contributed by atoms with E-state index >= 15 is 0 Å². The summed E-state index contributed by atoms with van der Waals surface area (Å²) in [5.74, 6) is -0.490. The number of ketones is 1. The van der Waals surface area contributed by atoms with Crippen LogP contribution in [-0.2, 0) is 19.6 Å². The van der Waals surface area contributed by atoms with Crippen molar-refractivity contribution in [2.24, 2.45) is 11.8 Å². The number of rotatable bonds is 11. The van der Waals surface area contributed by atoms with Gasteiger partial charge in [0.15, 0.2) is 11.6 Å². The summed E-state index contributed by atoms with van der Waals surface area (Å²) in [4.78, 5) is 31.8. The predicted octanol–water partition coefficient (Wildman–Crippen LogP) is 5.04. The lowest BCUT2D eigenvalue weighted by molar-refractivity contribution is -0.121. The number of Topliss-reactive ketones (excluding diaryl/α,β-unsaturated/α-hetero) is 1. The van der Waals surface area contributed by atoms with Gasteiger partial charge in [-0.3, -0.25) is 9.59 Å². The molecule has 1 amide bonds. The van der Waals surface area contributed by atoms with Crippen molar-refractivity contribution in [1.82, 2.24) is 10.3 Å². The van der Waals surface area contributed by atoms with Gasteiger partial charge in [-0.15, -0.1) is 11.8 Å². The molecule has 0 bridgehead atoms. The van der Waals surface area contributed by atoms with E-state index in [4.69, 9.17) is 0 Å². The van der Waals surface area contributed by atoms with E-state index in [1.807, 2.05) is 26.8 Å². The fourth-order valence-electron chi connectivity index (χ4n) is 4.94. The lowest BCUT2D eigenvalue weighted by atomic mass is 9.97. The Balaban J connectivity index is 1.91. The van der Waals surface area contributed by atoms with Gasteiger partial charge in [0.25, 0.3) is 10.0 Å². The number of pyridine rings is 1. The van der Waals surface area contributed by atoms with Gasteiger partial charge in [-0.2, -0.15) is 9.57 Å². The van der Waals surface area contributed by atoms with Crippen molar-refractivity contribution in [3.05, 3.63) is 53.1 Å². The number of aromatic nitrogens is 1. The largest absolute Gasteiger partial charge is 0.317 e. The molecule has 0 spiro atoms. The Labute approximate surface area is 235 Å². The van der Waals surface area contributed by atoms with Gasteiger partial charge in [-0.1, -0.05) is 51.1 Å². The second kappa shape index (κ2) is 12.2. The number of nitrogens with one attached hydrogen (secondary N) is 1. The number of nitriles is 1. The highest BCUT2D eigenvalue weighted by Gasteiger charge is 2.60. The Hall–Kier alpha value is -2.74. The Morgan fingerprint density at radius 1 is 1.21 bits per heavy atom. The normalized spacial score (nSPS) is 17.0. The maximum absolute atomic E-state index is 14.5. The lowest BCUT2D eigenvalue weighted by Gasteiger charge is -2.32. The second-order valence-electron chi connectivity index (χ2n) is 10.7. The summed E-state index contributed by atoms with van der Waals surface area (Å²) in [6.07, 6.45) is 2.65. The smallest absolute Gasteiger partial charge is 0.252 e. The molecular formula is C29H36N4O4S2. The van der Waals surface area contributed by atoms with Crippen molar-refractivity contribution >= 4 is 39.3 Å². The molecule has 1 saturated carbocycles. The summed E-state index contributed by atoms with van der Waals surface area (Å²) in [5, 5.41) is 13.7. The molecule has 1 aromatic heterocycles. The summed E-state index contributed by atoms with van der Waals surface area (Å²) in [7, 11) is -4.31. The third kappa shape index (κ3) is 5.91. The molecule has 1 aliphatic carbocycles. The molecule has 0 atom stereocenters. The third-order valence-corrected chi connectivity index (χ3v) is 11.1. The number of amides is 1. The van der Waals surface area contributed by atoms with Gasteiger partial charge < -0.3 is 5.32 Å². The van der Waals surface area contributed by atoms with Crippen molar-refractivity contribution in [3.63, 3.8) is 0 Å². The maximum Gasteiger partial charge on any atom is 0.252 e. The number of nitrogens with zero attached hydrogens (tertiary/aromatic N) is 3. The van der Waals surface area contributed by atoms with Gasteiger partial charge in [-0.25, -0.2) is 13.4 Å². The van der Waals surface area contributed by atoms with Crippen molar-refractivity contribution < 1.29 is 18.0 Å². The number of benzene rings is 1. The maximum atomic E-state index is 14.5. The van der Waals surface area contributed by atoms with Crippen molar-refractivity contribution in [3.8, 4) is 6.07 Å². The van der Waals surface area contributed by atoms with Crippen LogP contribution in [0.1, 0.15) is 80.8 Å². The minimum atomic E-state index is -4.31. The molecular weight excluding hydrogens is 532 g/mol. The predicted molar refractivity (Wildman–Crippen MR) is 153 cm³/mol. The lowest BCUT2D eigenvalue weighted by Crippen LogP contribution is -2.48. The molecule has 4 rings (SSSR count). The van der Waals surface area contributed by atoms with E-state index in [1.165, 1.54) is 17.8 Å². The Bertz CT molecular complexity index is 1360. The van der Waals surface area contributed by atoms with E-state index in [1.54, 1.807) is 24.3 Å². The van der Waals surface area contributed by atoms with E-state index in [9.17, 15) is 23.3 Å². The fourth-order valence-corrected chi connectivity index (χ4v) is 8.06. The number of hydrogen-bond acceptors (Lipinski definition) is 8. The minimum absolute atomic E-state index is 0.0851. The number of carbonyl (C=O) groups excluding carboxylic acids is 2. The van der Waals surface area contributed by atoms with E-state index < -0.39 is 26.6 Å². The van der Waals surface area contributed by atoms with Crippen LogP contribution in [0.4, 0.5) is 5.82 Å². The van der Waals surface area contributed by atoms with Crippen molar-refractivity contribution in [1.29, 1.82) is 5.26 Å². The molecule has 208 valence electrons. The molecule has 10 heteroatoms. The first-order chi connectivity index (χ1) is 18.7. The van der Waals surface area contributed by atoms with E-state index in [2.05, 4.69) is 16.4 Å². The molecule has 1 aromatic carbocycles. The summed E-state index contributed by atoms with van der Waals surface area (Å²) in [6, 6.07) is 12.4. The first-order valence-electron chi connectivity index (χ1n) is 13.6. The second-order valence-corrected chi connectivity index (χ2v) is 13.8. The van der Waals surface area contributed by atoms with Gasteiger partial charge in [0, 0.05) is 18.1 Å². The van der Waals surface area contributed by atoms with Crippen LogP contribution in [0, 0.1) is 23.2 Å². The SMILES string of the molecule is CCCC(=O)c1cc(C#N)c(N(C(=O)C2CCNCC2)S(=O)(=O)C2(c3ccccc3)CC2)nc1SCC(C)C. The number of thioether (sulfide) groups is 1. The van der Waals surface area contributed by atoms with E-state index in [-0.39, 0.29) is 29.5 Å². The minimum Gasteiger partial charge on any atom is -0.317 e. The summed E-state index contributed by atoms with van der Waals surface area (Å²) >= 11 is 1.35. The number of sulfonamides is 1. The van der Waals surface area contributed by atoms with Crippen molar-refractivity contribution in [2.45, 2.75) is 69.1 Å². The third-order valence-electron chi connectivity index (χ3n) is 7.24. The zero-order chi connectivity index (χ0) is 28.2. The first kappa shape index (κ1) is 29.2. The van der Waals surface area contributed by atoms with Gasteiger partial charge in [0.1, 0.15) is 15.8 Å². The summed E-state index contributed by atoms with van der Waals surface area (Å²) < 4.78 is 28.6. The molecule has 2 aromatic rings. The van der Waals surface area contributed by atoms with Crippen LogP contribution >= 0.6 is 11.8 Å². The van der Waals surface area contributed by atoms with E-state index in [0.29, 0.717) is 67.1 Å². The zero-order valence-corrected chi connectivity index (χ0v) is 24.4. The summed E-state index contributed by atoms with van der Waals surface area (Å²) in [6.45, 7) is 7.19. The van der Waals surface area contributed by atoms with Gasteiger partial charge in [0.2, 0.25) is 5.91 Å². The van der Waals surface area contributed by atoms with Crippen LogP contribution in [0.5, 0.6) is 0 Å². The fraction of sp³-hybridized carbons (Fsp3) is 0.517. The number of anilines is 1. The monoisotopic (exact) mass is 568 g/mol. The molecule has 39 heavy (non-hydrogen) atoms. The quantitative estimate of drug-likeness (QED) is 0.296. The van der Waals surface area contributed by atoms with Crippen LogP contribution in [0.2, 0.25) is 0 Å². The van der Waals surface area contributed by atoms with Gasteiger partial charge >= 0.3 is 0 Å². The Morgan fingerprint density at radius 2 is 1.87 bits per heavy atom. The number of piperidine rings is 1. The topological polar surface area (TPSA) is 120 Å². The van der Waals surface area contributed by atoms with Crippen molar-refractivity contribution in [2.75, 3.05) is 23.1 Å². The molecule has 2 fully saturated rings. The van der Waals surface area contributed by atoms with Gasteiger partial charge in [-0.05, 0) is 62.7 Å². The Kier molecular flexibility index (Phi) is 9.14. The van der Waals surface area contributed by atoms with Gasteiger partial charge in [0.05, 0.1) is 11.1 Å². The highest BCUT2D eigenvalue weighted by Crippen LogP contribution is 2.55. The van der Waals surface area contributed by atoms with E-state index in [0.717, 1.165) is 4.31 Å².